The Hall–Kier alpha value is -1.39. The van der Waals surface area contributed by atoms with Gasteiger partial charge in [0, 0.05) is 35.9 Å². The summed E-state index contributed by atoms with van der Waals surface area (Å²) in [7, 11) is 2.17. The number of hydrogen-bond acceptors (Lipinski definition) is 4. The van der Waals surface area contributed by atoms with Crippen LogP contribution in [0, 0.1) is 0 Å². The van der Waals surface area contributed by atoms with Crippen molar-refractivity contribution in [2.75, 3.05) is 18.9 Å². The maximum Gasteiger partial charge on any atom is 0.0564 e. The minimum atomic E-state index is 0.512. The molecule has 0 saturated carbocycles. The summed E-state index contributed by atoms with van der Waals surface area (Å²) < 4.78 is 0. The molecule has 2 aromatic rings. The fraction of sp³-hybridized carbons (Fsp3) is 0.438. The third-order valence-electron chi connectivity index (χ3n) is 3.44. The van der Waals surface area contributed by atoms with Gasteiger partial charge in [0.2, 0.25) is 0 Å². The molecular formula is C16H23N3S. The molecule has 0 fully saturated rings. The predicted octanol–water partition coefficient (Wildman–Crippen LogP) is 3.64. The molecule has 3 nitrogen and oxygen atoms in total. The molecule has 0 aliphatic heterocycles. The first kappa shape index (κ1) is 15.0. The van der Waals surface area contributed by atoms with Gasteiger partial charge in [-0.2, -0.15) is 0 Å². The maximum atomic E-state index is 4.46. The molecule has 0 aromatic carbocycles. The van der Waals surface area contributed by atoms with Crippen LogP contribution in [-0.2, 0) is 13.0 Å². The SMILES string of the molecule is CCNc1ccnc(CN(C)C(C)Cc2cccs2)c1. The molecule has 20 heavy (non-hydrogen) atoms. The van der Waals surface area contributed by atoms with Crippen LogP contribution >= 0.6 is 11.3 Å². The van der Waals surface area contributed by atoms with E-state index in [-0.39, 0.29) is 0 Å². The second-order valence-electron chi connectivity index (χ2n) is 5.11. The van der Waals surface area contributed by atoms with Gasteiger partial charge in [-0.15, -0.1) is 11.3 Å². The van der Waals surface area contributed by atoms with E-state index in [1.807, 2.05) is 23.6 Å². The van der Waals surface area contributed by atoms with Crippen LogP contribution in [0.25, 0.3) is 0 Å². The Morgan fingerprint density at radius 1 is 1.40 bits per heavy atom. The number of anilines is 1. The molecule has 0 saturated heterocycles. The number of rotatable bonds is 7. The summed E-state index contributed by atoms with van der Waals surface area (Å²) in [5, 5.41) is 5.47. The van der Waals surface area contributed by atoms with Crippen LogP contribution in [-0.4, -0.2) is 29.5 Å². The number of thiophene rings is 1. The third-order valence-corrected chi connectivity index (χ3v) is 4.34. The number of pyridine rings is 1. The van der Waals surface area contributed by atoms with Crippen molar-refractivity contribution in [3.05, 3.63) is 46.4 Å². The molecule has 0 bridgehead atoms. The lowest BCUT2D eigenvalue weighted by Gasteiger charge is -2.24. The van der Waals surface area contributed by atoms with Crippen molar-refractivity contribution in [1.29, 1.82) is 0 Å². The lowest BCUT2D eigenvalue weighted by Crippen LogP contribution is -2.30. The summed E-state index contributed by atoms with van der Waals surface area (Å²) in [6, 6.07) is 8.99. The minimum absolute atomic E-state index is 0.512. The molecule has 0 radical (unpaired) electrons. The molecule has 1 unspecified atom stereocenters. The molecule has 1 N–H and O–H groups in total. The number of nitrogens with zero attached hydrogens (tertiary/aromatic N) is 2. The summed E-state index contributed by atoms with van der Waals surface area (Å²) in [6.07, 6.45) is 2.98. The monoisotopic (exact) mass is 289 g/mol. The van der Waals surface area contributed by atoms with Gasteiger partial charge in [0.15, 0.2) is 0 Å². The van der Waals surface area contributed by atoms with Crippen molar-refractivity contribution in [3.8, 4) is 0 Å². The Bertz CT molecular complexity index is 510. The molecule has 0 amide bonds. The van der Waals surface area contributed by atoms with Gasteiger partial charge in [-0.05, 0) is 50.9 Å². The van der Waals surface area contributed by atoms with E-state index >= 15 is 0 Å². The van der Waals surface area contributed by atoms with Gasteiger partial charge in [0.1, 0.15) is 0 Å². The van der Waals surface area contributed by atoms with Crippen LogP contribution in [0.3, 0.4) is 0 Å². The van der Waals surface area contributed by atoms with Crippen molar-refractivity contribution < 1.29 is 0 Å². The van der Waals surface area contributed by atoms with Crippen molar-refractivity contribution in [2.45, 2.75) is 32.9 Å². The van der Waals surface area contributed by atoms with Gasteiger partial charge in [-0.1, -0.05) is 6.07 Å². The van der Waals surface area contributed by atoms with Crippen molar-refractivity contribution in [3.63, 3.8) is 0 Å². The van der Waals surface area contributed by atoms with E-state index in [2.05, 4.69) is 59.7 Å². The molecule has 108 valence electrons. The standard InChI is InChI=1S/C16H23N3S/c1-4-17-14-7-8-18-15(11-14)12-19(3)13(2)10-16-6-5-9-20-16/h5-9,11,13H,4,10,12H2,1-3H3,(H,17,18). The fourth-order valence-electron chi connectivity index (χ4n) is 2.17. The van der Waals surface area contributed by atoms with E-state index in [0.29, 0.717) is 6.04 Å². The van der Waals surface area contributed by atoms with Gasteiger partial charge in [0.25, 0.3) is 0 Å². The summed E-state index contributed by atoms with van der Waals surface area (Å²) in [5.74, 6) is 0. The molecule has 2 rings (SSSR count). The first-order valence-electron chi connectivity index (χ1n) is 7.10. The first-order valence-corrected chi connectivity index (χ1v) is 7.98. The highest BCUT2D eigenvalue weighted by Gasteiger charge is 2.11. The van der Waals surface area contributed by atoms with Crippen molar-refractivity contribution in [1.82, 2.24) is 9.88 Å². The van der Waals surface area contributed by atoms with E-state index in [9.17, 15) is 0 Å². The van der Waals surface area contributed by atoms with E-state index in [1.165, 1.54) is 4.88 Å². The molecule has 1 atom stereocenters. The average molecular weight is 289 g/mol. The Balaban J connectivity index is 1.92. The molecule has 4 heteroatoms. The average Bonchev–Trinajstić information content (AvgIpc) is 2.92. The van der Waals surface area contributed by atoms with Crippen LogP contribution < -0.4 is 5.32 Å². The Labute approximate surface area is 125 Å². The van der Waals surface area contributed by atoms with Gasteiger partial charge < -0.3 is 5.32 Å². The van der Waals surface area contributed by atoms with E-state index in [1.54, 1.807) is 0 Å². The molecule has 2 aromatic heterocycles. The predicted molar refractivity (Wildman–Crippen MR) is 87.4 cm³/mol. The second kappa shape index (κ2) is 7.41. The van der Waals surface area contributed by atoms with Crippen LogP contribution in [0.1, 0.15) is 24.4 Å². The highest BCUT2D eigenvalue weighted by atomic mass is 32.1. The number of likely N-dealkylation sites (N-methyl/N-ethyl adjacent to an activating group) is 1. The Kier molecular flexibility index (Phi) is 5.56. The van der Waals surface area contributed by atoms with E-state index in [4.69, 9.17) is 0 Å². The Morgan fingerprint density at radius 3 is 2.95 bits per heavy atom. The van der Waals surface area contributed by atoms with E-state index < -0.39 is 0 Å². The summed E-state index contributed by atoms with van der Waals surface area (Å²) in [4.78, 5) is 8.26. The van der Waals surface area contributed by atoms with Crippen molar-refractivity contribution >= 4 is 17.0 Å². The zero-order valence-corrected chi connectivity index (χ0v) is 13.3. The van der Waals surface area contributed by atoms with Gasteiger partial charge in [-0.25, -0.2) is 0 Å². The number of aromatic nitrogens is 1. The highest BCUT2D eigenvalue weighted by Crippen LogP contribution is 2.15. The molecule has 0 spiro atoms. The molecular weight excluding hydrogens is 266 g/mol. The lowest BCUT2D eigenvalue weighted by molar-refractivity contribution is 0.246. The van der Waals surface area contributed by atoms with Crippen molar-refractivity contribution in [2.24, 2.45) is 0 Å². The highest BCUT2D eigenvalue weighted by molar-refractivity contribution is 7.09. The molecule has 0 aliphatic rings. The van der Waals surface area contributed by atoms with Gasteiger partial charge in [-0.3, -0.25) is 9.88 Å². The lowest BCUT2D eigenvalue weighted by atomic mass is 10.1. The summed E-state index contributed by atoms with van der Waals surface area (Å²) >= 11 is 1.83. The molecule has 2 heterocycles. The van der Waals surface area contributed by atoms with Crippen LogP contribution in [0.4, 0.5) is 5.69 Å². The second-order valence-corrected chi connectivity index (χ2v) is 6.15. The fourth-order valence-corrected chi connectivity index (χ4v) is 2.99. The zero-order chi connectivity index (χ0) is 14.4. The molecule has 0 aliphatic carbocycles. The number of nitrogens with one attached hydrogen (secondary N) is 1. The topological polar surface area (TPSA) is 28.2 Å². The normalized spacial score (nSPS) is 12.6. The van der Waals surface area contributed by atoms with Crippen LogP contribution in [0.5, 0.6) is 0 Å². The third kappa shape index (κ3) is 4.32. The Morgan fingerprint density at radius 2 is 2.25 bits per heavy atom. The number of hydrogen-bond donors (Lipinski definition) is 1. The largest absolute Gasteiger partial charge is 0.385 e. The van der Waals surface area contributed by atoms with Gasteiger partial charge >= 0.3 is 0 Å². The summed E-state index contributed by atoms with van der Waals surface area (Å²) in [5.41, 5.74) is 2.26. The smallest absolute Gasteiger partial charge is 0.0564 e. The van der Waals surface area contributed by atoms with E-state index in [0.717, 1.165) is 30.9 Å². The minimum Gasteiger partial charge on any atom is -0.385 e. The summed E-state index contributed by atoms with van der Waals surface area (Å²) in [6.45, 7) is 6.20. The first-order chi connectivity index (χ1) is 9.69. The van der Waals surface area contributed by atoms with Crippen LogP contribution in [0.2, 0.25) is 0 Å². The van der Waals surface area contributed by atoms with Crippen LogP contribution in [0.15, 0.2) is 35.8 Å². The zero-order valence-electron chi connectivity index (χ0n) is 12.5. The quantitative estimate of drug-likeness (QED) is 0.843. The van der Waals surface area contributed by atoms with Gasteiger partial charge in [0.05, 0.1) is 5.69 Å². The maximum absolute atomic E-state index is 4.46.